The Balaban J connectivity index is 1.90. The summed E-state index contributed by atoms with van der Waals surface area (Å²) in [5.74, 6) is 0. The number of halogens is 3. The minimum atomic E-state index is -0.448. The van der Waals surface area contributed by atoms with Gasteiger partial charge in [0.1, 0.15) is 0 Å². The summed E-state index contributed by atoms with van der Waals surface area (Å²) in [5.41, 5.74) is 2.01. The Bertz CT molecular complexity index is 532. The molecule has 1 saturated carbocycles. The van der Waals surface area contributed by atoms with Crippen molar-refractivity contribution in [3.8, 4) is 0 Å². The van der Waals surface area contributed by atoms with Crippen LogP contribution in [0.25, 0.3) is 0 Å². The van der Waals surface area contributed by atoms with Crippen molar-refractivity contribution in [3.63, 3.8) is 0 Å². The molecule has 1 heterocycles. The molecule has 2 fully saturated rings. The van der Waals surface area contributed by atoms with Crippen LogP contribution in [0.1, 0.15) is 36.0 Å². The van der Waals surface area contributed by atoms with Crippen molar-refractivity contribution >= 4 is 50.1 Å². The van der Waals surface area contributed by atoms with E-state index in [1.807, 2.05) is 6.07 Å². The predicted octanol–water partition coefficient (Wildman–Crippen LogP) is 4.86. The first-order valence-electron chi connectivity index (χ1n) is 6.45. The van der Waals surface area contributed by atoms with E-state index in [1.165, 1.54) is 25.7 Å². The SMILES string of the molecule is O=C(Cl)c1cc(Cl)c(Br)cc1N1CCC2(CC1)CC2. The van der Waals surface area contributed by atoms with E-state index >= 15 is 0 Å². The van der Waals surface area contributed by atoms with Gasteiger partial charge in [0.25, 0.3) is 5.24 Å². The van der Waals surface area contributed by atoms with Gasteiger partial charge in [0.05, 0.1) is 16.3 Å². The molecule has 0 N–H and O–H groups in total. The molecule has 2 aliphatic rings. The Kier molecular flexibility index (Phi) is 3.57. The minimum absolute atomic E-state index is 0.448. The van der Waals surface area contributed by atoms with Gasteiger partial charge in [0, 0.05) is 17.6 Å². The van der Waals surface area contributed by atoms with E-state index < -0.39 is 5.24 Å². The summed E-state index contributed by atoms with van der Waals surface area (Å²) in [5, 5.41) is 0.0690. The Morgan fingerprint density at radius 2 is 1.84 bits per heavy atom. The molecule has 102 valence electrons. The van der Waals surface area contributed by atoms with Gasteiger partial charge < -0.3 is 4.90 Å². The second kappa shape index (κ2) is 4.94. The van der Waals surface area contributed by atoms with E-state index in [0.29, 0.717) is 16.0 Å². The quantitative estimate of drug-likeness (QED) is 0.700. The summed E-state index contributed by atoms with van der Waals surface area (Å²) < 4.78 is 0.803. The third-order valence-corrected chi connectivity index (χ3v) is 5.77. The molecule has 1 aromatic carbocycles. The van der Waals surface area contributed by atoms with Crippen molar-refractivity contribution in [2.45, 2.75) is 25.7 Å². The van der Waals surface area contributed by atoms with Gasteiger partial charge in [-0.1, -0.05) is 11.6 Å². The van der Waals surface area contributed by atoms with Gasteiger partial charge in [-0.2, -0.15) is 0 Å². The van der Waals surface area contributed by atoms with Crippen LogP contribution in [0.2, 0.25) is 5.02 Å². The predicted molar refractivity (Wildman–Crippen MR) is 82.4 cm³/mol. The largest absolute Gasteiger partial charge is 0.371 e. The molecule has 1 aromatic rings. The lowest BCUT2D eigenvalue weighted by Crippen LogP contribution is -2.35. The summed E-state index contributed by atoms with van der Waals surface area (Å²) in [6, 6.07) is 3.56. The van der Waals surface area contributed by atoms with Gasteiger partial charge in [-0.05, 0) is 70.8 Å². The number of carbonyl (C=O) groups is 1. The molecular weight excluding hydrogens is 349 g/mol. The van der Waals surface area contributed by atoms with Crippen molar-refractivity contribution in [2.24, 2.45) is 5.41 Å². The minimum Gasteiger partial charge on any atom is -0.371 e. The molecule has 5 heteroatoms. The average molecular weight is 363 g/mol. The van der Waals surface area contributed by atoms with Crippen molar-refractivity contribution in [1.82, 2.24) is 0 Å². The molecule has 1 aliphatic carbocycles. The first kappa shape index (κ1) is 13.7. The number of carbonyl (C=O) groups excluding carboxylic acids is 1. The lowest BCUT2D eigenvalue weighted by atomic mass is 9.93. The summed E-state index contributed by atoms with van der Waals surface area (Å²) >= 11 is 15.1. The van der Waals surface area contributed by atoms with Crippen LogP contribution in [0.15, 0.2) is 16.6 Å². The Labute approximate surface area is 131 Å². The normalized spacial score (nSPS) is 20.7. The van der Waals surface area contributed by atoms with Crippen LogP contribution in [0.5, 0.6) is 0 Å². The standard InChI is InChI=1S/C14H14BrCl2NO/c15-10-8-12(9(13(17)19)7-11(10)16)18-5-3-14(1-2-14)4-6-18/h7-8H,1-6H2. The van der Waals surface area contributed by atoms with Crippen molar-refractivity contribution in [2.75, 3.05) is 18.0 Å². The highest BCUT2D eigenvalue weighted by molar-refractivity contribution is 9.10. The zero-order valence-corrected chi connectivity index (χ0v) is 13.5. The van der Waals surface area contributed by atoms with Crippen LogP contribution in [-0.2, 0) is 0 Å². The summed E-state index contributed by atoms with van der Waals surface area (Å²) in [6.45, 7) is 1.98. The highest BCUT2D eigenvalue weighted by Crippen LogP contribution is 2.54. The maximum atomic E-state index is 11.6. The van der Waals surface area contributed by atoms with E-state index in [9.17, 15) is 4.79 Å². The number of nitrogens with zero attached hydrogens (tertiary/aromatic N) is 1. The highest BCUT2D eigenvalue weighted by Gasteiger charge is 2.44. The topological polar surface area (TPSA) is 20.3 Å². The van der Waals surface area contributed by atoms with Gasteiger partial charge in [0.15, 0.2) is 0 Å². The van der Waals surface area contributed by atoms with Crippen molar-refractivity contribution < 1.29 is 4.79 Å². The molecule has 2 nitrogen and oxygen atoms in total. The van der Waals surface area contributed by atoms with Gasteiger partial charge >= 0.3 is 0 Å². The first-order valence-corrected chi connectivity index (χ1v) is 7.99. The number of rotatable bonds is 2. The van der Waals surface area contributed by atoms with Crippen molar-refractivity contribution in [3.05, 3.63) is 27.2 Å². The fourth-order valence-electron chi connectivity index (χ4n) is 2.85. The molecule has 3 rings (SSSR count). The van der Waals surface area contributed by atoms with Crippen LogP contribution in [-0.4, -0.2) is 18.3 Å². The Morgan fingerprint density at radius 1 is 1.21 bits per heavy atom. The number of piperidine rings is 1. The molecule has 1 saturated heterocycles. The first-order chi connectivity index (χ1) is 9.01. The van der Waals surface area contributed by atoms with E-state index in [0.717, 1.165) is 23.2 Å². The zero-order valence-electron chi connectivity index (χ0n) is 10.4. The van der Waals surface area contributed by atoms with Gasteiger partial charge in [0.2, 0.25) is 0 Å². The number of hydrogen-bond acceptors (Lipinski definition) is 2. The maximum absolute atomic E-state index is 11.6. The van der Waals surface area contributed by atoms with E-state index in [4.69, 9.17) is 23.2 Å². The number of benzene rings is 1. The highest BCUT2D eigenvalue weighted by atomic mass is 79.9. The fraction of sp³-hybridized carbons (Fsp3) is 0.500. The van der Waals surface area contributed by atoms with Gasteiger partial charge in [-0.3, -0.25) is 4.79 Å². The molecular formula is C14H14BrCl2NO. The van der Waals surface area contributed by atoms with E-state index in [-0.39, 0.29) is 0 Å². The summed E-state index contributed by atoms with van der Waals surface area (Å²) in [7, 11) is 0. The molecule has 1 spiro atoms. The Morgan fingerprint density at radius 3 is 2.37 bits per heavy atom. The van der Waals surface area contributed by atoms with Crippen LogP contribution in [0, 0.1) is 5.41 Å². The molecule has 0 atom stereocenters. The molecule has 0 bridgehead atoms. The van der Waals surface area contributed by atoms with Gasteiger partial charge in [-0.15, -0.1) is 0 Å². The smallest absolute Gasteiger partial charge is 0.254 e. The Hall–Kier alpha value is -0.250. The molecule has 0 amide bonds. The van der Waals surface area contributed by atoms with E-state index in [2.05, 4.69) is 20.8 Å². The summed E-state index contributed by atoms with van der Waals surface area (Å²) in [4.78, 5) is 13.8. The maximum Gasteiger partial charge on any atom is 0.254 e. The van der Waals surface area contributed by atoms with Crippen LogP contribution in [0.4, 0.5) is 5.69 Å². The van der Waals surface area contributed by atoms with Crippen LogP contribution >= 0.6 is 39.1 Å². The van der Waals surface area contributed by atoms with Crippen LogP contribution < -0.4 is 4.90 Å². The number of anilines is 1. The lowest BCUT2D eigenvalue weighted by molar-refractivity contribution is 0.108. The molecule has 19 heavy (non-hydrogen) atoms. The second-order valence-electron chi connectivity index (χ2n) is 5.54. The monoisotopic (exact) mass is 361 g/mol. The van der Waals surface area contributed by atoms with Gasteiger partial charge in [-0.25, -0.2) is 0 Å². The zero-order chi connectivity index (χ0) is 13.6. The summed E-state index contributed by atoms with van der Waals surface area (Å²) in [6.07, 6.45) is 5.16. The molecule has 0 unspecified atom stereocenters. The number of hydrogen-bond donors (Lipinski definition) is 0. The van der Waals surface area contributed by atoms with E-state index in [1.54, 1.807) is 6.07 Å². The molecule has 0 radical (unpaired) electrons. The third-order valence-electron chi connectivity index (χ3n) is 4.37. The van der Waals surface area contributed by atoms with Crippen molar-refractivity contribution in [1.29, 1.82) is 0 Å². The third kappa shape index (κ3) is 2.65. The molecule has 0 aromatic heterocycles. The lowest BCUT2D eigenvalue weighted by Gasteiger charge is -2.34. The average Bonchev–Trinajstić information content (AvgIpc) is 3.13. The second-order valence-corrected chi connectivity index (χ2v) is 7.15. The van der Waals surface area contributed by atoms with Crippen LogP contribution in [0.3, 0.4) is 0 Å². The molecule has 1 aliphatic heterocycles. The fourth-order valence-corrected chi connectivity index (χ4v) is 3.50.